The molecule has 0 saturated carbocycles. The van der Waals surface area contributed by atoms with Crippen LogP contribution in [0.15, 0.2) is 51.7 Å². The largest absolute Gasteiger partial charge is 0.455 e. The van der Waals surface area contributed by atoms with Crippen molar-refractivity contribution < 1.29 is 22.3 Å². The Morgan fingerprint density at radius 3 is 2.62 bits per heavy atom. The number of benzene rings is 2. The van der Waals surface area contributed by atoms with Crippen LogP contribution in [0.3, 0.4) is 0 Å². The monoisotopic (exact) mass is 294 g/mol. The van der Waals surface area contributed by atoms with E-state index in [0.29, 0.717) is 10.8 Å². The van der Waals surface area contributed by atoms with Gasteiger partial charge in [0.1, 0.15) is 5.58 Å². The smallest absolute Gasteiger partial charge is 0.422 e. The van der Waals surface area contributed by atoms with Gasteiger partial charge in [0.15, 0.2) is 12.0 Å². The lowest BCUT2D eigenvalue weighted by Gasteiger charge is -2.09. The van der Waals surface area contributed by atoms with Gasteiger partial charge in [-0.25, -0.2) is 0 Å². The summed E-state index contributed by atoms with van der Waals surface area (Å²) >= 11 is 0. The second-order valence-corrected chi connectivity index (χ2v) is 4.49. The van der Waals surface area contributed by atoms with Crippen LogP contribution in [-0.2, 0) is 0 Å². The summed E-state index contributed by atoms with van der Waals surface area (Å²) < 4.78 is 46.1. The summed E-state index contributed by atoms with van der Waals surface area (Å²) in [5, 5.41) is 1.86. The third-order valence-electron chi connectivity index (χ3n) is 2.97. The van der Waals surface area contributed by atoms with E-state index in [1.54, 1.807) is 24.3 Å². The number of halogens is 3. The van der Waals surface area contributed by atoms with Gasteiger partial charge in [-0.05, 0) is 16.8 Å². The zero-order valence-electron chi connectivity index (χ0n) is 10.6. The fourth-order valence-electron chi connectivity index (χ4n) is 2.13. The number of fused-ring (bicyclic) bond motifs is 3. The minimum absolute atomic E-state index is 0.193. The molecule has 2 aromatic carbocycles. The molecule has 0 atom stereocenters. The molecule has 0 radical (unpaired) electrons. The Morgan fingerprint density at radius 1 is 1.10 bits per heavy atom. The van der Waals surface area contributed by atoms with E-state index in [9.17, 15) is 18.0 Å². The summed E-state index contributed by atoms with van der Waals surface area (Å²) in [7, 11) is 0. The molecule has 0 fully saturated rings. The topological polar surface area (TPSA) is 39.4 Å². The molecule has 3 nitrogen and oxygen atoms in total. The van der Waals surface area contributed by atoms with E-state index in [1.807, 2.05) is 12.1 Å². The van der Waals surface area contributed by atoms with Crippen molar-refractivity contribution in [1.82, 2.24) is 0 Å². The maximum atomic E-state index is 12.1. The molecule has 0 aliphatic rings. The number of rotatable bonds is 2. The third-order valence-corrected chi connectivity index (χ3v) is 2.97. The Labute approximate surface area is 116 Å². The van der Waals surface area contributed by atoms with E-state index in [1.165, 1.54) is 0 Å². The van der Waals surface area contributed by atoms with Crippen LogP contribution in [-0.4, -0.2) is 12.8 Å². The van der Waals surface area contributed by atoms with Crippen LogP contribution in [0.4, 0.5) is 13.2 Å². The first kappa shape index (κ1) is 13.5. The van der Waals surface area contributed by atoms with Crippen LogP contribution in [0, 0.1) is 0 Å². The minimum atomic E-state index is -4.49. The highest BCUT2D eigenvalue weighted by Crippen LogP contribution is 2.26. The predicted molar refractivity (Wildman–Crippen MR) is 71.5 cm³/mol. The van der Waals surface area contributed by atoms with Gasteiger partial charge in [0.05, 0.1) is 11.5 Å². The summed E-state index contributed by atoms with van der Waals surface area (Å²) in [5.41, 5.74) is -0.247. The van der Waals surface area contributed by atoms with Gasteiger partial charge in [-0.1, -0.05) is 30.3 Å². The van der Waals surface area contributed by atoms with Gasteiger partial charge in [-0.2, -0.15) is 13.2 Å². The van der Waals surface area contributed by atoms with Crippen molar-refractivity contribution in [3.63, 3.8) is 0 Å². The molecule has 0 N–H and O–H groups in total. The van der Waals surface area contributed by atoms with E-state index >= 15 is 0 Å². The standard InChI is InChI=1S/C15H9F3O3/c16-15(17,18)8-20-13-7-11(19)14-10-4-2-1-3-9(10)5-6-12(14)21-13/h1-7H,8H2. The van der Waals surface area contributed by atoms with Gasteiger partial charge in [-0.15, -0.1) is 0 Å². The first-order chi connectivity index (χ1) is 9.94. The Bertz CT molecular complexity index is 865. The van der Waals surface area contributed by atoms with Crippen molar-refractivity contribution in [2.75, 3.05) is 6.61 Å². The average molecular weight is 294 g/mol. The molecule has 0 bridgehead atoms. The van der Waals surface area contributed by atoms with Gasteiger partial charge >= 0.3 is 6.18 Å². The first-order valence-corrected chi connectivity index (χ1v) is 6.09. The Morgan fingerprint density at radius 2 is 1.86 bits per heavy atom. The van der Waals surface area contributed by atoms with Gasteiger partial charge in [0.25, 0.3) is 5.95 Å². The summed E-state index contributed by atoms with van der Waals surface area (Å²) in [5.74, 6) is -0.444. The molecule has 0 amide bonds. The Kier molecular flexibility index (Phi) is 3.08. The van der Waals surface area contributed by atoms with E-state index in [0.717, 1.165) is 11.5 Å². The summed E-state index contributed by atoms with van der Waals surface area (Å²) in [6.45, 7) is -1.50. The Balaban J connectivity index is 2.13. The molecule has 3 aromatic rings. The lowest BCUT2D eigenvalue weighted by atomic mass is 10.1. The van der Waals surface area contributed by atoms with Crippen molar-refractivity contribution >= 4 is 21.7 Å². The zero-order valence-corrected chi connectivity index (χ0v) is 10.6. The molecule has 0 aliphatic carbocycles. The highest BCUT2D eigenvalue weighted by molar-refractivity contribution is 6.05. The van der Waals surface area contributed by atoms with Crippen LogP contribution in [0.5, 0.6) is 5.95 Å². The van der Waals surface area contributed by atoms with Crippen molar-refractivity contribution in [3.05, 3.63) is 52.7 Å². The fraction of sp³-hybridized carbons (Fsp3) is 0.133. The molecular weight excluding hydrogens is 285 g/mol. The summed E-state index contributed by atoms with van der Waals surface area (Å²) in [6, 6.07) is 11.4. The zero-order chi connectivity index (χ0) is 15.0. The minimum Gasteiger partial charge on any atom is -0.455 e. The van der Waals surface area contributed by atoms with Crippen LogP contribution in [0.25, 0.3) is 21.7 Å². The second kappa shape index (κ2) is 4.80. The molecular formula is C15H9F3O3. The maximum Gasteiger partial charge on any atom is 0.422 e. The van der Waals surface area contributed by atoms with E-state index < -0.39 is 24.2 Å². The highest BCUT2D eigenvalue weighted by Gasteiger charge is 2.29. The molecule has 0 aliphatic heterocycles. The van der Waals surface area contributed by atoms with E-state index in [-0.39, 0.29) is 5.58 Å². The van der Waals surface area contributed by atoms with Crippen LogP contribution >= 0.6 is 0 Å². The molecule has 0 saturated heterocycles. The van der Waals surface area contributed by atoms with E-state index in [2.05, 4.69) is 4.74 Å². The van der Waals surface area contributed by atoms with Crippen LogP contribution < -0.4 is 10.2 Å². The van der Waals surface area contributed by atoms with Crippen molar-refractivity contribution in [3.8, 4) is 5.95 Å². The Hall–Kier alpha value is -2.50. The molecule has 0 unspecified atom stereocenters. The predicted octanol–water partition coefficient (Wildman–Crippen LogP) is 3.89. The lowest BCUT2D eigenvalue weighted by molar-refractivity contribution is -0.156. The molecule has 108 valence electrons. The van der Waals surface area contributed by atoms with Crippen molar-refractivity contribution in [1.29, 1.82) is 0 Å². The quantitative estimate of drug-likeness (QED) is 0.673. The third kappa shape index (κ3) is 2.69. The molecule has 1 aromatic heterocycles. The fourth-order valence-corrected chi connectivity index (χ4v) is 2.13. The summed E-state index contributed by atoms with van der Waals surface area (Å²) in [4.78, 5) is 12.1. The number of hydrogen-bond donors (Lipinski definition) is 0. The lowest BCUT2D eigenvalue weighted by Crippen LogP contribution is -2.19. The second-order valence-electron chi connectivity index (χ2n) is 4.49. The average Bonchev–Trinajstić information content (AvgIpc) is 2.44. The van der Waals surface area contributed by atoms with Gasteiger partial charge in [-0.3, -0.25) is 4.79 Å². The van der Waals surface area contributed by atoms with Crippen molar-refractivity contribution in [2.45, 2.75) is 6.18 Å². The molecule has 0 spiro atoms. The maximum absolute atomic E-state index is 12.1. The van der Waals surface area contributed by atoms with Gasteiger partial charge in [0, 0.05) is 0 Å². The molecule has 3 rings (SSSR count). The molecule has 21 heavy (non-hydrogen) atoms. The SMILES string of the molecule is O=c1cc(OCC(F)(F)F)oc2ccc3ccccc3c12. The number of alkyl halides is 3. The van der Waals surface area contributed by atoms with Crippen LogP contribution in [0.1, 0.15) is 0 Å². The summed E-state index contributed by atoms with van der Waals surface area (Å²) in [6.07, 6.45) is -4.49. The first-order valence-electron chi connectivity index (χ1n) is 6.09. The molecule has 1 heterocycles. The number of ether oxygens (including phenoxy) is 1. The number of hydrogen-bond acceptors (Lipinski definition) is 3. The van der Waals surface area contributed by atoms with Crippen molar-refractivity contribution in [2.24, 2.45) is 0 Å². The van der Waals surface area contributed by atoms with E-state index in [4.69, 9.17) is 4.42 Å². The molecule has 6 heteroatoms. The van der Waals surface area contributed by atoms with Gasteiger partial charge in [0.2, 0.25) is 0 Å². The normalized spacial score (nSPS) is 12.0. The highest BCUT2D eigenvalue weighted by atomic mass is 19.4. The van der Waals surface area contributed by atoms with Gasteiger partial charge < -0.3 is 9.15 Å². The van der Waals surface area contributed by atoms with Crippen LogP contribution in [0.2, 0.25) is 0 Å².